The smallest absolute Gasteiger partial charge is 0.324 e. The average Bonchev–Trinajstić information content (AvgIpc) is 2.99. The number of nitrogens with one attached hydrogen (secondary N) is 1. The first-order valence-electron chi connectivity index (χ1n) is 8.50. The zero-order chi connectivity index (χ0) is 19.8. The predicted octanol–water partition coefficient (Wildman–Crippen LogP) is 2.19. The topological polar surface area (TPSA) is 105 Å². The number of imide groups is 1. The summed E-state index contributed by atoms with van der Waals surface area (Å²) in [5.41, 5.74) is 8.04. The largest absolute Gasteiger partial charge is 0.364 e. The van der Waals surface area contributed by atoms with E-state index in [1.165, 1.54) is 12.1 Å². The number of rotatable bonds is 4. The van der Waals surface area contributed by atoms with Gasteiger partial charge < -0.3 is 11.1 Å². The van der Waals surface area contributed by atoms with Crippen LogP contribution < -0.4 is 11.1 Å². The Morgan fingerprint density at radius 2 is 1.89 bits per heavy atom. The molecule has 2 aromatic carbocycles. The Hall–Kier alpha value is -3.81. The Morgan fingerprint density at radius 1 is 1.14 bits per heavy atom. The van der Waals surface area contributed by atoms with Crippen LogP contribution in [0.3, 0.4) is 0 Å². The molecule has 4 amide bonds. The highest BCUT2D eigenvalue weighted by Gasteiger charge is 2.28. The second-order valence-electron chi connectivity index (χ2n) is 6.42. The number of amides is 4. The molecule has 140 valence electrons. The number of urea groups is 1. The molecule has 0 unspecified atom stereocenters. The summed E-state index contributed by atoms with van der Waals surface area (Å²) in [6.45, 7) is 0.0696. The van der Waals surface area contributed by atoms with E-state index in [2.05, 4.69) is 10.3 Å². The molecule has 0 saturated carbocycles. The van der Waals surface area contributed by atoms with Gasteiger partial charge in [-0.05, 0) is 41.0 Å². The molecule has 1 fully saturated rings. The molecule has 3 N–H and O–H groups in total. The molecule has 2 heterocycles. The van der Waals surface area contributed by atoms with Crippen LogP contribution in [0.4, 0.5) is 9.18 Å². The van der Waals surface area contributed by atoms with Crippen LogP contribution in [0, 0.1) is 5.82 Å². The summed E-state index contributed by atoms with van der Waals surface area (Å²) in [6.07, 6.45) is 0. The third kappa shape index (κ3) is 3.16. The van der Waals surface area contributed by atoms with Crippen molar-refractivity contribution in [2.24, 2.45) is 5.73 Å². The van der Waals surface area contributed by atoms with Crippen molar-refractivity contribution in [3.05, 3.63) is 65.6 Å². The maximum absolute atomic E-state index is 13.3. The molecule has 7 nitrogen and oxygen atoms in total. The van der Waals surface area contributed by atoms with E-state index in [1.54, 1.807) is 36.4 Å². The molecule has 1 aliphatic heterocycles. The maximum Gasteiger partial charge on any atom is 0.324 e. The van der Waals surface area contributed by atoms with Gasteiger partial charge in [0.15, 0.2) is 0 Å². The summed E-state index contributed by atoms with van der Waals surface area (Å²) < 4.78 is 13.3. The molecule has 0 bridgehead atoms. The summed E-state index contributed by atoms with van der Waals surface area (Å²) in [4.78, 5) is 40.7. The standard InChI is InChI=1S/C20H15FN4O3/c21-13-4-2-12(3-5-13)15-8-17(19(22)27)24-16-7-11(1-6-14(15)16)10-25-18(26)9-23-20(25)28/h1-8H,9-10H2,(H2,22,27)(H,23,28). The number of hydrogen-bond donors (Lipinski definition) is 2. The van der Waals surface area contributed by atoms with Crippen LogP contribution in [0.25, 0.3) is 22.0 Å². The van der Waals surface area contributed by atoms with Gasteiger partial charge in [-0.3, -0.25) is 14.5 Å². The Bertz CT molecular complexity index is 1110. The molecule has 1 aliphatic rings. The molecule has 8 heteroatoms. The van der Waals surface area contributed by atoms with Gasteiger partial charge in [-0.2, -0.15) is 0 Å². The van der Waals surface area contributed by atoms with E-state index in [-0.39, 0.29) is 30.5 Å². The Kier molecular flexibility index (Phi) is 4.23. The van der Waals surface area contributed by atoms with Gasteiger partial charge in [0.2, 0.25) is 5.91 Å². The number of carbonyl (C=O) groups excluding carboxylic acids is 3. The van der Waals surface area contributed by atoms with Gasteiger partial charge >= 0.3 is 6.03 Å². The van der Waals surface area contributed by atoms with E-state index in [1.807, 2.05) is 0 Å². The van der Waals surface area contributed by atoms with Crippen LogP contribution >= 0.6 is 0 Å². The van der Waals surface area contributed by atoms with E-state index in [0.29, 0.717) is 22.2 Å². The number of aromatic nitrogens is 1. The third-order valence-corrected chi connectivity index (χ3v) is 4.56. The fourth-order valence-corrected chi connectivity index (χ4v) is 3.16. The first-order chi connectivity index (χ1) is 13.4. The van der Waals surface area contributed by atoms with Gasteiger partial charge in [0.05, 0.1) is 18.6 Å². The average molecular weight is 378 g/mol. The molecule has 4 rings (SSSR count). The lowest BCUT2D eigenvalue weighted by molar-refractivity contribution is -0.125. The fourth-order valence-electron chi connectivity index (χ4n) is 3.16. The highest BCUT2D eigenvalue weighted by molar-refractivity contribution is 6.02. The van der Waals surface area contributed by atoms with E-state index in [0.717, 1.165) is 10.3 Å². The Balaban J connectivity index is 1.82. The van der Waals surface area contributed by atoms with Gasteiger partial charge in [0.25, 0.3) is 5.91 Å². The van der Waals surface area contributed by atoms with Crippen LogP contribution in [0.2, 0.25) is 0 Å². The normalized spacial score (nSPS) is 13.8. The van der Waals surface area contributed by atoms with Gasteiger partial charge in [-0.15, -0.1) is 0 Å². The zero-order valence-corrected chi connectivity index (χ0v) is 14.6. The fraction of sp³-hybridized carbons (Fsp3) is 0.100. The molecule has 0 spiro atoms. The lowest BCUT2D eigenvalue weighted by Crippen LogP contribution is -2.30. The van der Waals surface area contributed by atoms with Gasteiger partial charge in [-0.25, -0.2) is 14.2 Å². The zero-order valence-electron chi connectivity index (χ0n) is 14.6. The number of nitrogens with two attached hydrogens (primary N) is 1. The van der Waals surface area contributed by atoms with Crippen molar-refractivity contribution in [3.63, 3.8) is 0 Å². The molecule has 0 atom stereocenters. The summed E-state index contributed by atoms with van der Waals surface area (Å²) in [5, 5.41) is 3.20. The van der Waals surface area contributed by atoms with Crippen molar-refractivity contribution in [1.82, 2.24) is 15.2 Å². The van der Waals surface area contributed by atoms with E-state index < -0.39 is 11.9 Å². The number of nitrogens with zero attached hydrogens (tertiary/aromatic N) is 2. The highest BCUT2D eigenvalue weighted by Crippen LogP contribution is 2.30. The molecule has 0 radical (unpaired) electrons. The maximum atomic E-state index is 13.3. The number of fused-ring (bicyclic) bond motifs is 1. The molecule has 3 aromatic rings. The minimum Gasteiger partial charge on any atom is -0.364 e. The van der Waals surface area contributed by atoms with Crippen molar-refractivity contribution >= 4 is 28.7 Å². The molecular weight excluding hydrogens is 363 g/mol. The molecule has 1 aromatic heterocycles. The number of hydrogen-bond acceptors (Lipinski definition) is 4. The second-order valence-corrected chi connectivity index (χ2v) is 6.42. The first kappa shape index (κ1) is 17.6. The lowest BCUT2D eigenvalue weighted by Gasteiger charge is -2.14. The SMILES string of the molecule is NC(=O)c1cc(-c2ccc(F)cc2)c2ccc(CN3C(=O)CNC3=O)cc2n1. The Labute approximate surface area is 159 Å². The third-order valence-electron chi connectivity index (χ3n) is 4.56. The van der Waals surface area contributed by atoms with Crippen molar-refractivity contribution in [2.75, 3.05) is 6.54 Å². The summed E-state index contributed by atoms with van der Waals surface area (Å²) >= 11 is 0. The van der Waals surface area contributed by atoms with E-state index >= 15 is 0 Å². The molecule has 0 aliphatic carbocycles. The minimum absolute atomic E-state index is 0.0226. The number of primary amides is 1. The number of halogens is 1. The minimum atomic E-state index is -0.690. The lowest BCUT2D eigenvalue weighted by atomic mass is 9.98. The van der Waals surface area contributed by atoms with Crippen molar-refractivity contribution in [2.45, 2.75) is 6.54 Å². The first-order valence-corrected chi connectivity index (χ1v) is 8.50. The molecule has 1 saturated heterocycles. The predicted molar refractivity (Wildman–Crippen MR) is 99.6 cm³/mol. The molecular formula is C20H15FN4O3. The van der Waals surface area contributed by atoms with Crippen LogP contribution in [-0.2, 0) is 11.3 Å². The van der Waals surface area contributed by atoms with Crippen LogP contribution in [-0.4, -0.2) is 34.3 Å². The van der Waals surface area contributed by atoms with Gasteiger partial charge in [-0.1, -0.05) is 24.3 Å². The monoisotopic (exact) mass is 378 g/mol. The number of pyridine rings is 1. The number of carbonyl (C=O) groups is 3. The quantitative estimate of drug-likeness (QED) is 0.679. The number of benzene rings is 2. The van der Waals surface area contributed by atoms with Crippen molar-refractivity contribution < 1.29 is 18.8 Å². The van der Waals surface area contributed by atoms with Crippen LogP contribution in [0.1, 0.15) is 16.1 Å². The van der Waals surface area contributed by atoms with Crippen molar-refractivity contribution in [3.8, 4) is 11.1 Å². The van der Waals surface area contributed by atoms with E-state index in [4.69, 9.17) is 5.73 Å². The summed E-state index contributed by atoms with van der Waals surface area (Å²) in [5.74, 6) is -1.37. The van der Waals surface area contributed by atoms with E-state index in [9.17, 15) is 18.8 Å². The van der Waals surface area contributed by atoms with Crippen LogP contribution in [0.5, 0.6) is 0 Å². The summed E-state index contributed by atoms with van der Waals surface area (Å²) in [6, 6.07) is 12.3. The highest BCUT2D eigenvalue weighted by atomic mass is 19.1. The Morgan fingerprint density at radius 3 is 2.54 bits per heavy atom. The van der Waals surface area contributed by atoms with Crippen molar-refractivity contribution in [1.29, 1.82) is 0 Å². The van der Waals surface area contributed by atoms with Gasteiger partial charge in [0.1, 0.15) is 11.5 Å². The second kappa shape index (κ2) is 6.73. The van der Waals surface area contributed by atoms with Gasteiger partial charge in [0, 0.05) is 5.39 Å². The van der Waals surface area contributed by atoms with Crippen LogP contribution in [0.15, 0.2) is 48.5 Å². The summed E-state index contributed by atoms with van der Waals surface area (Å²) in [7, 11) is 0. The molecule has 28 heavy (non-hydrogen) atoms.